The third kappa shape index (κ3) is 4.32. The number of H-pyrrole nitrogens is 1. The lowest BCUT2D eigenvalue weighted by Crippen LogP contribution is -2.49. The Morgan fingerprint density at radius 3 is 2.24 bits per heavy atom. The number of fused-ring (bicyclic) bond motifs is 1. The van der Waals surface area contributed by atoms with Gasteiger partial charge in [0.2, 0.25) is 0 Å². The van der Waals surface area contributed by atoms with Crippen molar-refractivity contribution in [1.29, 1.82) is 0 Å². The number of piperazine rings is 1. The number of aromatic amines is 1. The van der Waals surface area contributed by atoms with Crippen molar-refractivity contribution in [3.63, 3.8) is 0 Å². The zero-order valence-electron chi connectivity index (χ0n) is 21.0. The van der Waals surface area contributed by atoms with Crippen molar-refractivity contribution in [2.75, 3.05) is 31.1 Å². The predicted octanol–water partition coefficient (Wildman–Crippen LogP) is 6.25. The Labute approximate surface area is 202 Å². The minimum Gasteiger partial charge on any atom is -0.354 e. The van der Waals surface area contributed by atoms with E-state index < -0.39 is 0 Å². The molecular weight excluding hydrogens is 418 g/mol. The van der Waals surface area contributed by atoms with Gasteiger partial charge in [0.15, 0.2) is 0 Å². The summed E-state index contributed by atoms with van der Waals surface area (Å²) in [5, 5.41) is 1.28. The monoisotopic (exact) mass is 453 g/mol. The molecule has 5 heteroatoms. The van der Waals surface area contributed by atoms with Gasteiger partial charge in [-0.2, -0.15) is 0 Å². The molecule has 3 aromatic heterocycles. The third-order valence-corrected chi connectivity index (χ3v) is 7.05. The number of hydrogen-bond donors (Lipinski definition) is 1. The number of nitrogens with one attached hydrogen (secondary N) is 1. The van der Waals surface area contributed by atoms with Gasteiger partial charge in [0, 0.05) is 72.3 Å². The Balaban J connectivity index is 1.45. The molecular formula is C29H35N5. The van der Waals surface area contributed by atoms with Gasteiger partial charge in [-0.25, -0.2) is 4.98 Å². The van der Waals surface area contributed by atoms with Crippen LogP contribution in [-0.2, 0) is 0 Å². The first-order chi connectivity index (χ1) is 16.4. The van der Waals surface area contributed by atoms with E-state index in [-0.39, 0.29) is 0 Å². The summed E-state index contributed by atoms with van der Waals surface area (Å²) in [6.45, 7) is 15.4. The van der Waals surface area contributed by atoms with Gasteiger partial charge in [-0.1, -0.05) is 19.9 Å². The highest BCUT2D eigenvalue weighted by atomic mass is 15.3. The normalized spacial score (nSPS) is 15.1. The summed E-state index contributed by atoms with van der Waals surface area (Å²) in [6, 6.07) is 16.0. The van der Waals surface area contributed by atoms with E-state index >= 15 is 0 Å². The van der Waals surface area contributed by atoms with Gasteiger partial charge < -0.3 is 9.88 Å². The average molecular weight is 454 g/mol. The van der Waals surface area contributed by atoms with E-state index in [1.165, 1.54) is 33.3 Å². The first-order valence-electron chi connectivity index (χ1n) is 12.4. The van der Waals surface area contributed by atoms with Crippen LogP contribution in [0.1, 0.15) is 44.9 Å². The highest BCUT2D eigenvalue weighted by Gasteiger charge is 2.20. The van der Waals surface area contributed by atoms with E-state index in [1.807, 2.05) is 19.3 Å². The number of aromatic nitrogens is 3. The van der Waals surface area contributed by atoms with Crippen molar-refractivity contribution in [3.8, 4) is 22.4 Å². The Morgan fingerprint density at radius 1 is 0.824 bits per heavy atom. The van der Waals surface area contributed by atoms with Gasteiger partial charge >= 0.3 is 0 Å². The van der Waals surface area contributed by atoms with E-state index in [2.05, 4.69) is 89.9 Å². The summed E-state index contributed by atoms with van der Waals surface area (Å²) >= 11 is 0. The van der Waals surface area contributed by atoms with E-state index in [4.69, 9.17) is 4.98 Å². The van der Waals surface area contributed by atoms with Crippen LogP contribution in [-0.4, -0.2) is 52.1 Å². The molecule has 0 bridgehead atoms. The lowest BCUT2D eigenvalue weighted by Gasteiger charge is -2.37. The molecule has 5 rings (SSSR count). The summed E-state index contributed by atoms with van der Waals surface area (Å²) in [7, 11) is 0. The van der Waals surface area contributed by atoms with Crippen LogP contribution in [0.3, 0.4) is 0 Å². The highest BCUT2D eigenvalue weighted by molar-refractivity contribution is 5.94. The first-order valence-corrected chi connectivity index (χ1v) is 12.4. The van der Waals surface area contributed by atoms with Gasteiger partial charge in [0.1, 0.15) is 5.82 Å². The van der Waals surface area contributed by atoms with Gasteiger partial charge in [0.05, 0.1) is 5.69 Å². The molecule has 176 valence electrons. The van der Waals surface area contributed by atoms with Crippen LogP contribution in [0.2, 0.25) is 0 Å². The van der Waals surface area contributed by atoms with E-state index in [0.717, 1.165) is 43.3 Å². The van der Waals surface area contributed by atoms with Crippen LogP contribution < -0.4 is 4.90 Å². The number of aryl methyl sites for hydroxylation is 1. The molecule has 4 aromatic rings. The Morgan fingerprint density at radius 2 is 1.59 bits per heavy atom. The second-order valence-corrected chi connectivity index (χ2v) is 10.0. The smallest absolute Gasteiger partial charge is 0.128 e. The number of benzene rings is 1. The topological polar surface area (TPSA) is 48.1 Å². The molecule has 0 unspecified atom stereocenters. The molecule has 34 heavy (non-hydrogen) atoms. The van der Waals surface area contributed by atoms with E-state index in [0.29, 0.717) is 12.0 Å². The molecule has 4 heterocycles. The largest absolute Gasteiger partial charge is 0.354 e. The quantitative estimate of drug-likeness (QED) is 0.388. The first kappa shape index (κ1) is 22.6. The predicted molar refractivity (Wildman–Crippen MR) is 143 cm³/mol. The molecule has 0 amide bonds. The van der Waals surface area contributed by atoms with Gasteiger partial charge in [-0.15, -0.1) is 0 Å². The summed E-state index contributed by atoms with van der Waals surface area (Å²) in [6.07, 6.45) is 3.92. The molecule has 5 nitrogen and oxygen atoms in total. The molecule has 0 saturated carbocycles. The van der Waals surface area contributed by atoms with Gasteiger partial charge in [-0.3, -0.25) is 9.88 Å². The fraction of sp³-hybridized carbons (Fsp3) is 0.379. The maximum atomic E-state index is 4.84. The van der Waals surface area contributed by atoms with Crippen molar-refractivity contribution >= 4 is 16.7 Å². The second kappa shape index (κ2) is 9.22. The van der Waals surface area contributed by atoms with Crippen LogP contribution >= 0.6 is 0 Å². The molecule has 1 N–H and O–H groups in total. The minimum absolute atomic E-state index is 0.400. The van der Waals surface area contributed by atoms with Gasteiger partial charge in [0.25, 0.3) is 0 Å². The Kier molecular flexibility index (Phi) is 6.13. The SMILES string of the molecule is Cc1cc(-c2[nH]c3ccc(-c4ccc(N5CCN(C(C)C)CC5)nc4)cc3c2C(C)C)ccn1. The molecule has 0 aliphatic carbocycles. The second-order valence-electron chi connectivity index (χ2n) is 10.0. The van der Waals surface area contributed by atoms with E-state index in [9.17, 15) is 0 Å². The maximum Gasteiger partial charge on any atom is 0.128 e. The minimum atomic E-state index is 0.400. The fourth-order valence-electron chi connectivity index (χ4n) is 5.13. The van der Waals surface area contributed by atoms with Crippen LogP contribution in [0.4, 0.5) is 5.82 Å². The van der Waals surface area contributed by atoms with Crippen molar-refractivity contribution in [3.05, 3.63) is 66.1 Å². The summed E-state index contributed by atoms with van der Waals surface area (Å²) in [5.41, 5.74) is 8.31. The molecule has 1 aliphatic rings. The number of pyridine rings is 2. The van der Waals surface area contributed by atoms with Crippen molar-refractivity contribution in [2.45, 2.75) is 46.6 Å². The number of nitrogens with zero attached hydrogens (tertiary/aromatic N) is 4. The fourth-order valence-corrected chi connectivity index (χ4v) is 5.13. The average Bonchev–Trinajstić information content (AvgIpc) is 3.23. The van der Waals surface area contributed by atoms with Crippen LogP contribution in [0.15, 0.2) is 54.9 Å². The highest BCUT2D eigenvalue weighted by Crippen LogP contribution is 2.37. The third-order valence-electron chi connectivity index (χ3n) is 7.05. The van der Waals surface area contributed by atoms with E-state index in [1.54, 1.807) is 0 Å². The lowest BCUT2D eigenvalue weighted by atomic mass is 9.94. The van der Waals surface area contributed by atoms with Gasteiger partial charge in [-0.05, 0) is 74.2 Å². The molecule has 1 fully saturated rings. The zero-order chi connectivity index (χ0) is 23.8. The van der Waals surface area contributed by atoms with Crippen LogP contribution in [0.5, 0.6) is 0 Å². The van der Waals surface area contributed by atoms with Crippen molar-refractivity contribution < 1.29 is 0 Å². The number of hydrogen-bond acceptors (Lipinski definition) is 4. The standard InChI is InChI=1S/C29H35N5/c1-19(2)28-25-17-22(6-8-26(25)32-29(28)23-10-11-30-21(5)16-23)24-7-9-27(31-18-24)34-14-12-33(13-15-34)20(3)4/h6-11,16-20,32H,12-15H2,1-5H3. The Bertz CT molecular complexity index is 1280. The van der Waals surface area contributed by atoms with Crippen LogP contribution in [0.25, 0.3) is 33.3 Å². The molecule has 0 radical (unpaired) electrons. The molecule has 1 aromatic carbocycles. The Hall–Kier alpha value is -3.18. The van der Waals surface area contributed by atoms with Crippen molar-refractivity contribution in [2.24, 2.45) is 0 Å². The lowest BCUT2D eigenvalue weighted by molar-refractivity contribution is 0.209. The number of anilines is 1. The summed E-state index contributed by atoms with van der Waals surface area (Å²) in [5.74, 6) is 1.48. The molecule has 1 saturated heterocycles. The molecule has 0 atom stereocenters. The maximum absolute atomic E-state index is 4.84. The van der Waals surface area contributed by atoms with Crippen molar-refractivity contribution in [1.82, 2.24) is 19.9 Å². The molecule has 0 spiro atoms. The molecule has 1 aliphatic heterocycles. The number of rotatable bonds is 5. The summed E-state index contributed by atoms with van der Waals surface area (Å²) in [4.78, 5) is 17.8. The zero-order valence-corrected chi connectivity index (χ0v) is 21.0. The summed E-state index contributed by atoms with van der Waals surface area (Å²) < 4.78 is 0. The van der Waals surface area contributed by atoms with Crippen LogP contribution in [0, 0.1) is 6.92 Å².